The van der Waals surface area contributed by atoms with Crippen molar-refractivity contribution in [1.29, 1.82) is 0 Å². The fourth-order valence-electron chi connectivity index (χ4n) is 1.94. The number of nitrogens with two attached hydrogens (primary N) is 1. The molecule has 0 aliphatic heterocycles. The van der Waals surface area contributed by atoms with E-state index in [4.69, 9.17) is 10.5 Å². The molecule has 5 heteroatoms. The lowest BCUT2D eigenvalue weighted by atomic mass is 10.00. The lowest BCUT2D eigenvalue weighted by molar-refractivity contribution is 0.415. The highest BCUT2D eigenvalue weighted by molar-refractivity contribution is 9.10. The summed E-state index contributed by atoms with van der Waals surface area (Å²) in [4.78, 5) is 7.58. The van der Waals surface area contributed by atoms with Gasteiger partial charge in [-0.1, -0.05) is 19.9 Å². The standard InChI is InChI=1S/C14H18BrN3O/c1-8(2)9-4-5-10(11(6-9)19-3)13-14(15)18-12(7-16)17-13/h4-6,8H,7,16H2,1-3H3,(H,17,18). The number of hydrogen-bond donors (Lipinski definition) is 2. The van der Waals surface area contributed by atoms with E-state index in [1.165, 1.54) is 5.56 Å². The van der Waals surface area contributed by atoms with Gasteiger partial charge in [0.1, 0.15) is 21.9 Å². The van der Waals surface area contributed by atoms with Gasteiger partial charge < -0.3 is 15.5 Å². The van der Waals surface area contributed by atoms with Crippen molar-refractivity contribution in [3.8, 4) is 17.0 Å². The van der Waals surface area contributed by atoms with Gasteiger partial charge in [-0.05, 0) is 39.5 Å². The van der Waals surface area contributed by atoms with Gasteiger partial charge in [-0.25, -0.2) is 4.98 Å². The maximum Gasteiger partial charge on any atom is 0.128 e. The largest absolute Gasteiger partial charge is 0.496 e. The first-order valence-electron chi connectivity index (χ1n) is 6.19. The summed E-state index contributed by atoms with van der Waals surface area (Å²) < 4.78 is 6.31. The second-order valence-corrected chi connectivity index (χ2v) is 5.46. The van der Waals surface area contributed by atoms with Crippen molar-refractivity contribution in [2.45, 2.75) is 26.3 Å². The Balaban J connectivity index is 2.52. The summed E-state index contributed by atoms with van der Waals surface area (Å²) in [6.07, 6.45) is 0. The van der Waals surface area contributed by atoms with Gasteiger partial charge >= 0.3 is 0 Å². The van der Waals surface area contributed by atoms with Crippen LogP contribution < -0.4 is 10.5 Å². The Morgan fingerprint density at radius 1 is 1.42 bits per heavy atom. The first kappa shape index (κ1) is 14.1. The number of rotatable bonds is 4. The van der Waals surface area contributed by atoms with Crippen molar-refractivity contribution in [3.05, 3.63) is 34.2 Å². The molecule has 1 aromatic carbocycles. The summed E-state index contributed by atoms with van der Waals surface area (Å²) in [7, 11) is 1.67. The highest BCUT2D eigenvalue weighted by atomic mass is 79.9. The summed E-state index contributed by atoms with van der Waals surface area (Å²) in [5.41, 5.74) is 8.62. The number of hydrogen-bond acceptors (Lipinski definition) is 3. The summed E-state index contributed by atoms with van der Waals surface area (Å²) >= 11 is 3.48. The van der Waals surface area contributed by atoms with Gasteiger partial charge in [0, 0.05) is 5.56 Å². The summed E-state index contributed by atoms with van der Waals surface area (Å²) in [5, 5.41) is 0. The predicted molar refractivity (Wildman–Crippen MR) is 80.3 cm³/mol. The molecule has 19 heavy (non-hydrogen) atoms. The second kappa shape index (κ2) is 5.75. The number of imidazole rings is 1. The molecular formula is C14H18BrN3O. The molecule has 0 fully saturated rings. The number of H-pyrrole nitrogens is 1. The van der Waals surface area contributed by atoms with Crippen molar-refractivity contribution < 1.29 is 4.74 Å². The topological polar surface area (TPSA) is 63.9 Å². The lowest BCUT2D eigenvalue weighted by Crippen LogP contribution is -1.98. The Kier molecular flexibility index (Phi) is 4.27. The van der Waals surface area contributed by atoms with Crippen LogP contribution in [0.25, 0.3) is 11.3 Å². The van der Waals surface area contributed by atoms with Crippen molar-refractivity contribution in [2.75, 3.05) is 7.11 Å². The Labute approximate surface area is 121 Å². The van der Waals surface area contributed by atoms with Crippen LogP contribution in [0.1, 0.15) is 31.2 Å². The van der Waals surface area contributed by atoms with Gasteiger partial charge in [-0.3, -0.25) is 0 Å². The van der Waals surface area contributed by atoms with Crippen LogP contribution in [0, 0.1) is 0 Å². The molecule has 0 amide bonds. The molecule has 0 spiro atoms. The monoisotopic (exact) mass is 323 g/mol. The Morgan fingerprint density at radius 3 is 2.68 bits per heavy atom. The Bertz CT molecular complexity index is 578. The van der Waals surface area contributed by atoms with E-state index < -0.39 is 0 Å². The quantitative estimate of drug-likeness (QED) is 0.906. The van der Waals surface area contributed by atoms with E-state index >= 15 is 0 Å². The molecule has 0 saturated heterocycles. The number of benzene rings is 1. The lowest BCUT2D eigenvalue weighted by Gasteiger charge is -2.11. The van der Waals surface area contributed by atoms with E-state index in [-0.39, 0.29) is 0 Å². The number of methoxy groups -OCH3 is 1. The third kappa shape index (κ3) is 2.82. The van der Waals surface area contributed by atoms with Crippen LogP contribution >= 0.6 is 15.9 Å². The minimum Gasteiger partial charge on any atom is -0.496 e. The molecule has 3 N–H and O–H groups in total. The van der Waals surface area contributed by atoms with Crippen LogP contribution in [0.4, 0.5) is 0 Å². The Hall–Kier alpha value is -1.33. The van der Waals surface area contributed by atoms with Crippen molar-refractivity contribution in [2.24, 2.45) is 5.73 Å². The molecule has 0 unspecified atom stereocenters. The molecular weight excluding hydrogens is 306 g/mol. The van der Waals surface area contributed by atoms with E-state index in [9.17, 15) is 0 Å². The highest BCUT2D eigenvalue weighted by Crippen LogP contribution is 2.35. The smallest absolute Gasteiger partial charge is 0.128 e. The zero-order chi connectivity index (χ0) is 14.0. The maximum atomic E-state index is 5.60. The SMILES string of the molecule is COc1cc(C(C)C)ccc1-c1nc(CN)[nH]c1Br. The normalized spacial score (nSPS) is 11.1. The fourth-order valence-corrected chi connectivity index (χ4v) is 2.47. The van der Waals surface area contributed by atoms with Crippen molar-refractivity contribution in [3.63, 3.8) is 0 Å². The van der Waals surface area contributed by atoms with Crippen molar-refractivity contribution >= 4 is 15.9 Å². The van der Waals surface area contributed by atoms with E-state index in [0.29, 0.717) is 12.5 Å². The minimum absolute atomic E-state index is 0.380. The third-order valence-electron chi connectivity index (χ3n) is 3.05. The van der Waals surface area contributed by atoms with Crippen LogP contribution in [-0.4, -0.2) is 17.1 Å². The van der Waals surface area contributed by atoms with E-state index in [2.05, 4.69) is 51.9 Å². The zero-order valence-corrected chi connectivity index (χ0v) is 12.9. The van der Waals surface area contributed by atoms with Crippen LogP contribution in [0.2, 0.25) is 0 Å². The number of ether oxygens (including phenoxy) is 1. The van der Waals surface area contributed by atoms with Crippen LogP contribution in [-0.2, 0) is 6.54 Å². The van der Waals surface area contributed by atoms with E-state index in [1.807, 2.05) is 6.07 Å². The molecule has 0 radical (unpaired) electrons. The molecule has 0 saturated carbocycles. The average molecular weight is 324 g/mol. The van der Waals surface area contributed by atoms with Gasteiger partial charge in [0.2, 0.25) is 0 Å². The molecule has 102 valence electrons. The number of aromatic amines is 1. The molecule has 2 aromatic rings. The summed E-state index contributed by atoms with van der Waals surface area (Å²) in [5.74, 6) is 2.03. The minimum atomic E-state index is 0.380. The Morgan fingerprint density at radius 2 is 2.16 bits per heavy atom. The average Bonchev–Trinajstić information content (AvgIpc) is 2.79. The second-order valence-electron chi connectivity index (χ2n) is 4.66. The molecule has 2 rings (SSSR count). The molecule has 4 nitrogen and oxygen atoms in total. The molecule has 0 aliphatic rings. The predicted octanol–water partition coefficient (Wildman–Crippen LogP) is 3.43. The summed E-state index contributed by atoms with van der Waals surface area (Å²) in [6, 6.07) is 6.20. The zero-order valence-electron chi connectivity index (χ0n) is 11.3. The van der Waals surface area contributed by atoms with Gasteiger partial charge in [0.25, 0.3) is 0 Å². The van der Waals surface area contributed by atoms with Crippen LogP contribution in [0.3, 0.4) is 0 Å². The molecule has 0 aliphatic carbocycles. The molecule has 1 heterocycles. The first-order chi connectivity index (χ1) is 9.06. The molecule has 0 atom stereocenters. The van der Waals surface area contributed by atoms with Crippen molar-refractivity contribution in [1.82, 2.24) is 9.97 Å². The highest BCUT2D eigenvalue weighted by Gasteiger charge is 2.15. The molecule has 1 aromatic heterocycles. The van der Waals surface area contributed by atoms with Gasteiger partial charge in [-0.15, -0.1) is 0 Å². The van der Waals surface area contributed by atoms with Gasteiger partial charge in [0.15, 0.2) is 0 Å². The number of nitrogens with one attached hydrogen (secondary N) is 1. The van der Waals surface area contributed by atoms with E-state index in [1.54, 1.807) is 7.11 Å². The molecule has 0 bridgehead atoms. The maximum absolute atomic E-state index is 5.60. The summed E-state index contributed by atoms with van der Waals surface area (Å²) in [6.45, 7) is 4.70. The van der Waals surface area contributed by atoms with Gasteiger partial charge in [0.05, 0.1) is 13.7 Å². The first-order valence-corrected chi connectivity index (χ1v) is 6.98. The van der Waals surface area contributed by atoms with E-state index in [0.717, 1.165) is 27.4 Å². The number of halogens is 1. The van der Waals surface area contributed by atoms with Crippen LogP contribution in [0.5, 0.6) is 5.75 Å². The van der Waals surface area contributed by atoms with Crippen LogP contribution in [0.15, 0.2) is 22.8 Å². The van der Waals surface area contributed by atoms with Gasteiger partial charge in [-0.2, -0.15) is 0 Å². The third-order valence-corrected chi connectivity index (χ3v) is 3.62. The number of aromatic nitrogens is 2. The number of nitrogens with zero attached hydrogens (tertiary/aromatic N) is 1. The fraction of sp³-hybridized carbons (Fsp3) is 0.357.